The van der Waals surface area contributed by atoms with E-state index >= 15 is 0 Å². The molecule has 98 valence electrons. The third-order valence-electron chi connectivity index (χ3n) is 3.31. The molecule has 0 atom stereocenters. The number of nitrogens with two attached hydrogens (primary N) is 1. The summed E-state index contributed by atoms with van der Waals surface area (Å²) in [5, 5.41) is 3.30. The van der Waals surface area contributed by atoms with Gasteiger partial charge in [0.2, 0.25) is 0 Å². The molecule has 0 bridgehead atoms. The second kappa shape index (κ2) is 4.80. The SMILES string of the molecule is Cc1nc(Nc2ccc3c(c2)CCCO3)ccc1N. The van der Waals surface area contributed by atoms with Crippen LogP contribution in [-0.4, -0.2) is 11.6 Å². The number of nitrogen functional groups attached to an aromatic ring is 1. The van der Waals surface area contributed by atoms with Crippen LogP contribution in [0.25, 0.3) is 0 Å². The van der Waals surface area contributed by atoms with E-state index in [4.69, 9.17) is 10.5 Å². The zero-order valence-corrected chi connectivity index (χ0v) is 10.9. The van der Waals surface area contributed by atoms with Crippen LogP contribution in [0.4, 0.5) is 17.2 Å². The quantitative estimate of drug-likeness (QED) is 0.866. The van der Waals surface area contributed by atoms with Gasteiger partial charge in [0.1, 0.15) is 11.6 Å². The van der Waals surface area contributed by atoms with Crippen molar-refractivity contribution in [3.63, 3.8) is 0 Å². The third-order valence-corrected chi connectivity index (χ3v) is 3.31. The second-order valence-corrected chi connectivity index (χ2v) is 4.77. The molecule has 4 nitrogen and oxygen atoms in total. The highest BCUT2D eigenvalue weighted by Crippen LogP contribution is 2.28. The van der Waals surface area contributed by atoms with E-state index in [1.165, 1.54) is 5.56 Å². The fourth-order valence-corrected chi connectivity index (χ4v) is 2.23. The lowest BCUT2D eigenvalue weighted by molar-refractivity contribution is 0.288. The average molecular weight is 255 g/mol. The Morgan fingerprint density at radius 3 is 3.00 bits per heavy atom. The van der Waals surface area contributed by atoms with Crippen LogP contribution in [0.15, 0.2) is 30.3 Å². The van der Waals surface area contributed by atoms with Gasteiger partial charge < -0.3 is 15.8 Å². The summed E-state index contributed by atoms with van der Waals surface area (Å²) < 4.78 is 5.60. The minimum atomic E-state index is 0.712. The molecule has 3 rings (SSSR count). The van der Waals surface area contributed by atoms with E-state index < -0.39 is 0 Å². The van der Waals surface area contributed by atoms with Gasteiger partial charge in [0, 0.05) is 5.69 Å². The van der Waals surface area contributed by atoms with Crippen LogP contribution in [0.1, 0.15) is 17.7 Å². The van der Waals surface area contributed by atoms with Gasteiger partial charge in [-0.05, 0) is 55.7 Å². The highest BCUT2D eigenvalue weighted by molar-refractivity contribution is 5.61. The average Bonchev–Trinajstić information content (AvgIpc) is 2.43. The largest absolute Gasteiger partial charge is 0.493 e. The summed E-state index contributed by atoms with van der Waals surface area (Å²) in [6.45, 7) is 2.72. The molecule has 1 aliphatic rings. The van der Waals surface area contributed by atoms with Crippen LogP contribution in [0.3, 0.4) is 0 Å². The molecule has 4 heteroatoms. The molecule has 1 aliphatic heterocycles. The minimum Gasteiger partial charge on any atom is -0.493 e. The van der Waals surface area contributed by atoms with Crippen molar-refractivity contribution in [2.24, 2.45) is 0 Å². The molecule has 0 spiro atoms. The van der Waals surface area contributed by atoms with E-state index in [1.807, 2.05) is 31.2 Å². The Kier molecular flexibility index (Phi) is 2.99. The number of nitrogens with one attached hydrogen (secondary N) is 1. The predicted octanol–water partition coefficient (Wildman–Crippen LogP) is 3.04. The fraction of sp³-hybridized carbons (Fsp3) is 0.267. The number of benzene rings is 1. The van der Waals surface area contributed by atoms with Gasteiger partial charge in [-0.1, -0.05) is 0 Å². The van der Waals surface area contributed by atoms with Gasteiger partial charge in [-0.2, -0.15) is 0 Å². The Balaban J connectivity index is 1.84. The summed E-state index contributed by atoms with van der Waals surface area (Å²) in [7, 11) is 0. The normalized spacial score (nSPS) is 13.5. The second-order valence-electron chi connectivity index (χ2n) is 4.77. The minimum absolute atomic E-state index is 0.712. The van der Waals surface area contributed by atoms with E-state index in [2.05, 4.69) is 16.4 Å². The van der Waals surface area contributed by atoms with Crippen molar-refractivity contribution in [1.82, 2.24) is 4.98 Å². The first-order chi connectivity index (χ1) is 9.22. The Morgan fingerprint density at radius 2 is 2.16 bits per heavy atom. The van der Waals surface area contributed by atoms with Gasteiger partial charge in [0.15, 0.2) is 0 Å². The highest BCUT2D eigenvalue weighted by Gasteiger charge is 2.10. The van der Waals surface area contributed by atoms with Gasteiger partial charge in [-0.3, -0.25) is 0 Å². The van der Waals surface area contributed by atoms with E-state index in [1.54, 1.807) is 0 Å². The molecule has 2 heterocycles. The van der Waals surface area contributed by atoms with Crippen molar-refractivity contribution >= 4 is 17.2 Å². The summed E-state index contributed by atoms with van der Waals surface area (Å²) in [4.78, 5) is 4.41. The van der Waals surface area contributed by atoms with Crippen LogP contribution in [0.5, 0.6) is 5.75 Å². The van der Waals surface area contributed by atoms with Crippen LogP contribution in [0.2, 0.25) is 0 Å². The number of rotatable bonds is 2. The maximum atomic E-state index is 5.77. The van der Waals surface area contributed by atoms with Crippen molar-refractivity contribution in [2.45, 2.75) is 19.8 Å². The molecule has 0 aliphatic carbocycles. The molecule has 0 saturated carbocycles. The summed E-state index contributed by atoms with van der Waals surface area (Å²) in [5.74, 6) is 1.81. The molecular formula is C15H17N3O. The van der Waals surface area contributed by atoms with E-state index in [9.17, 15) is 0 Å². The number of nitrogens with zero attached hydrogens (tertiary/aromatic N) is 1. The van der Waals surface area contributed by atoms with Gasteiger partial charge in [-0.15, -0.1) is 0 Å². The number of aryl methyl sites for hydroxylation is 2. The molecule has 19 heavy (non-hydrogen) atoms. The Labute approximate surface area is 112 Å². The summed E-state index contributed by atoms with van der Waals surface area (Å²) in [6.07, 6.45) is 2.15. The molecule has 2 aromatic rings. The lowest BCUT2D eigenvalue weighted by Crippen LogP contribution is -2.08. The van der Waals surface area contributed by atoms with Crippen molar-refractivity contribution in [3.05, 3.63) is 41.6 Å². The fourth-order valence-electron chi connectivity index (χ4n) is 2.23. The van der Waals surface area contributed by atoms with Crippen molar-refractivity contribution < 1.29 is 4.74 Å². The van der Waals surface area contributed by atoms with Gasteiger partial charge in [-0.25, -0.2) is 4.98 Å². The molecule has 0 unspecified atom stereocenters. The molecule has 0 amide bonds. The molecule has 3 N–H and O–H groups in total. The first-order valence-electron chi connectivity index (χ1n) is 6.48. The Morgan fingerprint density at radius 1 is 1.26 bits per heavy atom. The van der Waals surface area contributed by atoms with Crippen LogP contribution < -0.4 is 15.8 Å². The van der Waals surface area contributed by atoms with Gasteiger partial charge in [0.05, 0.1) is 18.0 Å². The summed E-state index contributed by atoms with van der Waals surface area (Å²) in [6, 6.07) is 9.91. The monoisotopic (exact) mass is 255 g/mol. The molecule has 0 radical (unpaired) electrons. The maximum Gasteiger partial charge on any atom is 0.130 e. The van der Waals surface area contributed by atoms with Crippen LogP contribution >= 0.6 is 0 Å². The highest BCUT2D eigenvalue weighted by atomic mass is 16.5. The van der Waals surface area contributed by atoms with Crippen molar-refractivity contribution in [2.75, 3.05) is 17.7 Å². The summed E-state index contributed by atoms with van der Waals surface area (Å²) >= 11 is 0. The number of ether oxygens (including phenoxy) is 1. The lowest BCUT2D eigenvalue weighted by Gasteiger charge is -2.18. The lowest BCUT2D eigenvalue weighted by atomic mass is 10.1. The van der Waals surface area contributed by atoms with E-state index in [0.717, 1.165) is 42.4 Å². The smallest absolute Gasteiger partial charge is 0.130 e. The van der Waals surface area contributed by atoms with E-state index in [0.29, 0.717) is 5.69 Å². The number of hydrogen-bond donors (Lipinski definition) is 2. The topological polar surface area (TPSA) is 60.2 Å². The van der Waals surface area contributed by atoms with Crippen LogP contribution in [0, 0.1) is 6.92 Å². The molecular weight excluding hydrogens is 238 g/mol. The Hall–Kier alpha value is -2.23. The molecule has 0 fully saturated rings. The number of aromatic nitrogens is 1. The molecule has 1 aromatic carbocycles. The number of anilines is 3. The number of pyridine rings is 1. The van der Waals surface area contributed by atoms with Crippen LogP contribution in [-0.2, 0) is 6.42 Å². The first kappa shape index (κ1) is 11.8. The van der Waals surface area contributed by atoms with E-state index in [-0.39, 0.29) is 0 Å². The van der Waals surface area contributed by atoms with Crippen molar-refractivity contribution in [1.29, 1.82) is 0 Å². The molecule has 0 saturated heterocycles. The number of fused-ring (bicyclic) bond motifs is 1. The predicted molar refractivity (Wildman–Crippen MR) is 76.9 cm³/mol. The number of hydrogen-bond acceptors (Lipinski definition) is 4. The molecule has 1 aromatic heterocycles. The van der Waals surface area contributed by atoms with Gasteiger partial charge >= 0.3 is 0 Å². The van der Waals surface area contributed by atoms with Gasteiger partial charge in [0.25, 0.3) is 0 Å². The first-order valence-corrected chi connectivity index (χ1v) is 6.48. The standard InChI is InChI=1S/C15H17N3O/c1-10-13(16)5-7-15(17-10)18-12-4-6-14-11(9-12)3-2-8-19-14/h4-7,9H,2-3,8,16H2,1H3,(H,17,18). The third kappa shape index (κ3) is 2.47. The van der Waals surface area contributed by atoms with Crippen molar-refractivity contribution in [3.8, 4) is 5.75 Å². The Bertz CT molecular complexity index is 610. The maximum absolute atomic E-state index is 5.77. The zero-order chi connectivity index (χ0) is 13.2. The summed E-state index contributed by atoms with van der Waals surface area (Å²) in [5.41, 5.74) is 9.60. The zero-order valence-electron chi connectivity index (χ0n) is 10.9.